The van der Waals surface area contributed by atoms with Crippen molar-refractivity contribution >= 4 is 11.7 Å². The molecule has 7 heteroatoms. The van der Waals surface area contributed by atoms with Crippen LogP contribution in [0.15, 0.2) is 36.7 Å². The van der Waals surface area contributed by atoms with Crippen molar-refractivity contribution in [1.29, 1.82) is 0 Å². The third-order valence-corrected chi connectivity index (χ3v) is 7.36. The number of nitrogens with zero attached hydrogens (tertiary/aromatic N) is 4. The fourth-order valence-electron chi connectivity index (χ4n) is 5.56. The highest BCUT2D eigenvalue weighted by molar-refractivity contribution is 5.86. The van der Waals surface area contributed by atoms with Crippen LogP contribution in [0.3, 0.4) is 0 Å². The van der Waals surface area contributed by atoms with Crippen LogP contribution in [0.5, 0.6) is 0 Å². The van der Waals surface area contributed by atoms with Crippen molar-refractivity contribution in [3.05, 3.63) is 42.6 Å². The first kappa shape index (κ1) is 20.4. The number of hydrogen-bond donors (Lipinski definition) is 1. The minimum absolute atomic E-state index is 0.201. The zero-order valence-electron chi connectivity index (χ0n) is 17.7. The Morgan fingerprint density at radius 1 is 0.968 bits per heavy atom. The van der Waals surface area contributed by atoms with Gasteiger partial charge in [-0.2, -0.15) is 4.39 Å². The summed E-state index contributed by atoms with van der Waals surface area (Å²) in [6.45, 7) is 2.44. The number of aromatic nitrogens is 2. The number of anilines is 1. The van der Waals surface area contributed by atoms with E-state index >= 15 is 0 Å². The topological polar surface area (TPSA) is 69.6 Å². The number of aliphatic hydroxyl groups is 1. The van der Waals surface area contributed by atoms with Gasteiger partial charge in [-0.1, -0.05) is 0 Å². The molecule has 1 spiro atoms. The van der Waals surface area contributed by atoms with Gasteiger partial charge in [0, 0.05) is 49.2 Å². The minimum atomic E-state index is -0.494. The Morgan fingerprint density at radius 3 is 2.39 bits per heavy atom. The molecular formula is C24H29FN4O2. The van der Waals surface area contributed by atoms with Gasteiger partial charge < -0.3 is 14.9 Å². The van der Waals surface area contributed by atoms with E-state index in [-0.39, 0.29) is 17.6 Å². The molecular weight excluding hydrogens is 395 g/mol. The van der Waals surface area contributed by atoms with Crippen LogP contribution >= 0.6 is 0 Å². The van der Waals surface area contributed by atoms with E-state index in [1.54, 1.807) is 12.3 Å². The summed E-state index contributed by atoms with van der Waals surface area (Å²) in [5.41, 5.74) is 1.41. The molecule has 3 aliphatic rings. The van der Waals surface area contributed by atoms with Crippen LogP contribution in [0.2, 0.25) is 0 Å². The number of carbonyl (C=O) groups excluding carboxylic acids is 1. The second-order valence-electron chi connectivity index (χ2n) is 9.29. The number of amides is 1. The highest BCUT2D eigenvalue weighted by Crippen LogP contribution is 2.43. The molecule has 0 aromatic carbocycles. The first-order valence-corrected chi connectivity index (χ1v) is 11.4. The van der Waals surface area contributed by atoms with Gasteiger partial charge in [-0.3, -0.25) is 4.79 Å². The summed E-state index contributed by atoms with van der Waals surface area (Å²) in [7, 11) is 0. The second-order valence-corrected chi connectivity index (χ2v) is 9.29. The van der Waals surface area contributed by atoms with Crippen molar-refractivity contribution in [1.82, 2.24) is 14.9 Å². The summed E-state index contributed by atoms with van der Waals surface area (Å²) < 4.78 is 13.1. The maximum Gasteiger partial charge on any atom is 0.230 e. The molecule has 1 aliphatic carbocycles. The van der Waals surface area contributed by atoms with Gasteiger partial charge in [-0.15, -0.1) is 0 Å². The van der Waals surface area contributed by atoms with Gasteiger partial charge >= 0.3 is 0 Å². The highest BCUT2D eigenvalue weighted by atomic mass is 19.1. The minimum Gasteiger partial charge on any atom is -0.393 e. The van der Waals surface area contributed by atoms with Crippen LogP contribution in [0, 0.1) is 11.4 Å². The number of aliphatic hydroxyl groups excluding tert-OH is 1. The summed E-state index contributed by atoms with van der Waals surface area (Å²) in [5.74, 6) is 0.684. The fraction of sp³-hybridized carbons (Fsp3) is 0.542. The first-order chi connectivity index (χ1) is 15.0. The number of rotatable bonds is 3. The van der Waals surface area contributed by atoms with Crippen LogP contribution < -0.4 is 4.90 Å². The molecule has 0 unspecified atom stereocenters. The summed E-state index contributed by atoms with van der Waals surface area (Å²) in [5, 5.41) is 9.81. The monoisotopic (exact) mass is 424 g/mol. The fourth-order valence-corrected chi connectivity index (χ4v) is 5.56. The van der Waals surface area contributed by atoms with Gasteiger partial charge in [0.2, 0.25) is 11.9 Å². The lowest BCUT2D eigenvalue weighted by molar-refractivity contribution is -0.139. The molecule has 1 amide bonds. The van der Waals surface area contributed by atoms with Gasteiger partial charge in [0.15, 0.2) is 0 Å². The van der Waals surface area contributed by atoms with Crippen LogP contribution in [0.25, 0.3) is 11.1 Å². The Balaban J connectivity index is 1.29. The molecule has 0 bridgehead atoms. The molecule has 164 valence electrons. The van der Waals surface area contributed by atoms with Gasteiger partial charge in [-0.25, -0.2) is 9.97 Å². The summed E-state index contributed by atoms with van der Waals surface area (Å²) in [6.07, 6.45) is 9.35. The Bertz CT molecular complexity index is 928. The van der Waals surface area contributed by atoms with Crippen molar-refractivity contribution in [3.63, 3.8) is 0 Å². The largest absolute Gasteiger partial charge is 0.393 e. The van der Waals surface area contributed by atoms with E-state index in [2.05, 4.69) is 19.8 Å². The number of piperidine rings is 1. The Hall–Kier alpha value is -2.54. The van der Waals surface area contributed by atoms with E-state index in [1.807, 2.05) is 12.1 Å². The van der Waals surface area contributed by atoms with Crippen molar-refractivity contribution in [2.24, 2.45) is 5.41 Å². The summed E-state index contributed by atoms with van der Waals surface area (Å²) >= 11 is 0. The smallest absolute Gasteiger partial charge is 0.230 e. The van der Waals surface area contributed by atoms with Gasteiger partial charge in [-0.05, 0) is 69.2 Å². The molecule has 31 heavy (non-hydrogen) atoms. The molecule has 4 heterocycles. The molecule has 5 rings (SSSR count). The maximum absolute atomic E-state index is 13.5. The maximum atomic E-state index is 13.5. The van der Waals surface area contributed by atoms with Gasteiger partial charge in [0.1, 0.15) is 5.82 Å². The lowest BCUT2D eigenvalue weighted by Gasteiger charge is -2.41. The van der Waals surface area contributed by atoms with E-state index in [9.17, 15) is 14.3 Å². The average molecular weight is 425 g/mol. The van der Waals surface area contributed by atoms with Crippen molar-refractivity contribution in [3.8, 4) is 11.1 Å². The average Bonchev–Trinajstić information content (AvgIpc) is 3.10. The Labute approximate surface area is 182 Å². The lowest BCUT2D eigenvalue weighted by Crippen LogP contribution is -2.50. The second kappa shape index (κ2) is 8.19. The number of pyridine rings is 2. The van der Waals surface area contributed by atoms with Crippen molar-refractivity contribution < 1.29 is 14.3 Å². The zero-order chi connectivity index (χ0) is 21.4. The van der Waals surface area contributed by atoms with E-state index in [0.29, 0.717) is 12.5 Å². The molecule has 2 aliphatic heterocycles. The summed E-state index contributed by atoms with van der Waals surface area (Å²) in [6, 6.07) is 7.30. The third kappa shape index (κ3) is 3.91. The van der Waals surface area contributed by atoms with E-state index in [1.165, 1.54) is 12.3 Å². The predicted molar refractivity (Wildman–Crippen MR) is 116 cm³/mol. The highest BCUT2D eigenvalue weighted by Gasteiger charge is 2.50. The van der Waals surface area contributed by atoms with E-state index in [4.69, 9.17) is 0 Å². The zero-order valence-corrected chi connectivity index (χ0v) is 17.7. The standard InChI is InChI=1S/C24H29FN4O2/c25-21-8-2-17(14-26-21)18-3-9-22(27-15-18)28-12-1-10-24(16-28)11-13-29(23(24)31)19-4-6-20(30)7-5-19/h2-3,8-9,14-15,19-20,30H,1,4-7,10-13,16H2/t19?,20?,24-/m1/s1. The molecule has 2 aromatic heterocycles. The van der Waals surface area contributed by atoms with Crippen LogP contribution in [0.1, 0.15) is 44.9 Å². The van der Waals surface area contributed by atoms with Crippen LogP contribution in [-0.2, 0) is 4.79 Å². The van der Waals surface area contributed by atoms with Crippen molar-refractivity contribution in [2.45, 2.75) is 57.1 Å². The quantitative estimate of drug-likeness (QED) is 0.765. The van der Waals surface area contributed by atoms with E-state index < -0.39 is 5.95 Å². The third-order valence-electron chi connectivity index (χ3n) is 7.36. The van der Waals surface area contributed by atoms with Crippen LogP contribution in [-0.4, -0.2) is 57.7 Å². The number of halogens is 1. The Morgan fingerprint density at radius 2 is 1.71 bits per heavy atom. The lowest BCUT2D eigenvalue weighted by atomic mass is 9.78. The normalized spacial score (nSPS) is 29.0. The number of hydrogen-bond acceptors (Lipinski definition) is 5. The predicted octanol–water partition coefficient (Wildman–Crippen LogP) is 3.41. The van der Waals surface area contributed by atoms with E-state index in [0.717, 1.165) is 75.0 Å². The molecule has 1 saturated carbocycles. The summed E-state index contributed by atoms with van der Waals surface area (Å²) in [4.78, 5) is 26.2. The molecule has 0 radical (unpaired) electrons. The molecule has 1 atom stereocenters. The molecule has 1 N–H and O–H groups in total. The number of likely N-dealkylation sites (tertiary alicyclic amines) is 1. The van der Waals surface area contributed by atoms with Gasteiger partial charge in [0.25, 0.3) is 0 Å². The van der Waals surface area contributed by atoms with Crippen LogP contribution in [0.4, 0.5) is 10.2 Å². The molecule has 3 fully saturated rings. The molecule has 2 saturated heterocycles. The first-order valence-electron chi connectivity index (χ1n) is 11.4. The Kier molecular flexibility index (Phi) is 5.38. The number of carbonyl (C=O) groups is 1. The molecule has 2 aromatic rings. The van der Waals surface area contributed by atoms with Crippen molar-refractivity contribution in [2.75, 3.05) is 24.5 Å². The SMILES string of the molecule is O=C1N(C2CCC(O)CC2)CC[C@@]12CCCN(c1ccc(-c3ccc(F)nc3)cn1)C2. The molecule has 6 nitrogen and oxygen atoms in total. The van der Waals surface area contributed by atoms with Gasteiger partial charge in [0.05, 0.1) is 11.5 Å².